The Kier molecular flexibility index (Phi) is 3.82. The molecule has 92 valence electrons. The highest BCUT2D eigenvalue weighted by Crippen LogP contribution is 2.20. The highest BCUT2D eigenvalue weighted by molar-refractivity contribution is 5.81. The van der Waals surface area contributed by atoms with E-state index in [9.17, 15) is 4.79 Å². The molecule has 0 saturated carbocycles. The number of amides is 1. The van der Waals surface area contributed by atoms with Crippen molar-refractivity contribution in [1.29, 1.82) is 0 Å². The molecule has 2 N–H and O–H groups in total. The maximum Gasteiger partial charge on any atom is 0.249 e. The van der Waals surface area contributed by atoms with Crippen LogP contribution in [0, 0.1) is 5.92 Å². The van der Waals surface area contributed by atoms with Crippen LogP contribution in [-0.2, 0) is 9.53 Å². The topological polar surface area (TPSA) is 50.4 Å². The number of carbonyl (C=O) groups is 1. The van der Waals surface area contributed by atoms with E-state index < -0.39 is 0 Å². The zero-order valence-electron chi connectivity index (χ0n) is 10.2. The molecule has 0 aromatic carbocycles. The quantitative estimate of drug-likeness (QED) is 0.727. The predicted octanol–water partition coefficient (Wildman–Crippen LogP) is 0.668. The molecule has 4 heteroatoms. The van der Waals surface area contributed by atoms with E-state index in [1.165, 1.54) is 0 Å². The second-order valence-corrected chi connectivity index (χ2v) is 5.15. The largest absolute Gasteiger partial charge is 0.368 e. The fourth-order valence-electron chi connectivity index (χ4n) is 2.44. The molecule has 0 aliphatic carbocycles. The van der Waals surface area contributed by atoms with Crippen LogP contribution in [0.25, 0.3) is 0 Å². The molecule has 2 rings (SSSR count). The molecule has 2 saturated heterocycles. The number of piperidine rings is 1. The van der Waals surface area contributed by atoms with E-state index in [0.717, 1.165) is 32.4 Å². The average molecular weight is 226 g/mol. The van der Waals surface area contributed by atoms with Gasteiger partial charge in [0.05, 0.1) is 0 Å². The Morgan fingerprint density at radius 3 is 2.69 bits per heavy atom. The van der Waals surface area contributed by atoms with Crippen LogP contribution in [-0.4, -0.2) is 37.2 Å². The van der Waals surface area contributed by atoms with Gasteiger partial charge in [0, 0.05) is 25.2 Å². The molecule has 2 aliphatic heterocycles. The summed E-state index contributed by atoms with van der Waals surface area (Å²) in [7, 11) is 0. The van der Waals surface area contributed by atoms with Crippen molar-refractivity contribution >= 4 is 5.91 Å². The van der Waals surface area contributed by atoms with Crippen LogP contribution in [0.1, 0.15) is 33.1 Å². The summed E-state index contributed by atoms with van der Waals surface area (Å²) in [4.78, 5) is 11.9. The summed E-state index contributed by atoms with van der Waals surface area (Å²) in [5, 5.41) is 6.47. The summed E-state index contributed by atoms with van der Waals surface area (Å²) in [5.74, 6) is 0.432. The molecular formula is C12H22N2O2. The second-order valence-electron chi connectivity index (χ2n) is 5.15. The standard InChI is InChI=1S/C12H22N2O2/c1-8-5-6-16-11(8)12(15)14-10-4-3-9(2)13-7-10/h8-11,13H,3-7H2,1-2H3,(H,14,15). The summed E-state index contributed by atoms with van der Waals surface area (Å²) in [6, 6.07) is 0.856. The monoisotopic (exact) mass is 226 g/mol. The van der Waals surface area contributed by atoms with E-state index in [1.807, 2.05) is 0 Å². The smallest absolute Gasteiger partial charge is 0.249 e. The van der Waals surface area contributed by atoms with Crippen LogP contribution in [0.2, 0.25) is 0 Å². The summed E-state index contributed by atoms with van der Waals surface area (Å²) < 4.78 is 5.46. The summed E-state index contributed by atoms with van der Waals surface area (Å²) >= 11 is 0. The molecule has 0 aromatic heterocycles. The van der Waals surface area contributed by atoms with Gasteiger partial charge in [-0.1, -0.05) is 6.92 Å². The van der Waals surface area contributed by atoms with Gasteiger partial charge in [-0.15, -0.1) is 0 Å². The molecule has 16 heavy (non-hydrogen) atoms. The van der Waals surface area contributed by atoms with Gasteiger partial charge in [0.15, 0.2) is 0 Å². The molecule has 1 amide bonds. The van der Waals surface area contributed by atoms with Crippen molar-refractivity contribution < 1.29 is 9.53 Å². The van der Waals surface area contributed by atoms with Crippen LogP contribution in [0.5, 0.6) is 0 Å². The Morgan fingerprint density at radius 2 is 2.12 bits per heavy atom. The Morgan fingerprint density at radius 1 is 1.31 bits per heavy atom. The van der Waals surface area contributed by atoms with E-state index in [-0.39, 0.29) is 18.1 Å². The van der Waals surface area contributed by atoms with Crippen molar-refractivity contribution in [3.8, 4) is 0 Å². The van der Waals surface area contributed by atoms with Crippen LogP contribution < -0.4 is 10.6 Å². The van der Waals surface area contributed by atoms with Crippen LogP contribution in [0.3, 0.4) is 0 Å². The number of carbonyl (C=O) groups excluding carboxylic acids is 1. The lowest BCUT2D eigenvalue weighted by atomic mass is 10.00. The summed E-state index contributed by atoms with van der Waals surface area (Å²) in [6.07, 6.45) is 2.98. The minimum Gasteiger partial charge on any atom is -0.368 e. The minimum absolute atomic E-state index is 0.0753. The van der Waals surface area contributed by atoms with Gasteiger partial charge in [0.2, 0.25) is 5.91 Å². The fourth-order valence-corrected chi connectivity index (χ4v) is 2.44. The molecule has 0 spiro atoms. The van der Waals surface area contributed by atoms with Crippen LogP contribution in [0.4, 0.5) is 0 Å². The number of hydrogen-bond acceptors (Lipinski definition) is 3. The van der Waals surface area contributed by atoms with Gasteiger partial charge in [-0.05, 0) is 32.1 Å². The highest BCUT2D eigenvalue weighted by Gasteiger charge is 2.32. The van der Waals surface area contributed by atoms with Gasteiger partial charge in [-0.2, -0.15) is 0 Å². The first-order chi connectivity index (χ1) is 7.66. The van der Waals surface area contributed by atoms with E-state index in [4.69, 9.17) is 4.74 Å². The van der Waals surface area contributed by atoms with Crippen LogP contribution >= 0.6 is 0 Å². The fraction of sp³-hybridized carbons (Fsp3) is 0.917. The van der Waals surface area contributed by atoms with Crippen LogP contribution in [0.15, 0.2) is 0 Å². The minimum atomic E-state index is -0.223. The SMILES string of the molecule is CC1CCC(NC(=O)C2OCCC2C)CN1. The Bertz CT molecular complexity index is 249. The number of ether oxygens (including phenoxy) is 1. The average Bonchev–Trinajstić information content (AvgIpc) is 2.68. The Hall–Kier alpha value is -0.610. The molecule has 4 unspecified atom stereocenters. The Labute approximate surface area is 97.1 Å². The van der Waals surface area contributed by atoms with Crippen molar-refractivity contribution in [2.75, 3.05) is 13.2 Å². The zero-order chi connectivity index (χ0) is 11.5. The van der Waals surface area contributed by atoms with Gasteiger partial charge >= 0.3 is 0 Å². The van der Waals surface area contributed by atoms with Gasteiger partial charge in [0.1, 0.15) is 6.10 Å². The summed E-state index contributed by atoms with van der Waals surface area (Å²) in [5.41, 5.74) is 0. The van der Waals surface area contributed by atoms with Gasteiger partial charge in [-0.3, -0.25) is 4.79 Å². The second kappa shape index (κ2) is 5.15. The van der Waals surface area contributed by atoms with Crippen molar-refractivity contribution in [1.82, 2.24) is 10.6 Å². The maximum absolute atomic E-state index is 11.9. The highest BCUT2D eigenvalue weighted by atomic mass is 16.5. The third kappa shape index (κ3) is 2.74. The molecule has 0 radical (unpaired) electrons. The van der Waals surface area contributed by atoms with E-state index >= 15 is 0 Å². The maximum atomic E-state index is 11.9. The number of rotatable bonds is 2. The van der Waals surface area contributed by atoms with E-state index in [1.54, 1.807) is 0 Å². The van der Waals surface area contributed by atoms with Gasteiger partial charge < -0.3 is 15.4 Å². The number of nitrogens with one attached hydrogen (secondary N) is 2. The zero-order valence-corrected chi connectivity index (χ0v) is 10.2. The van der Waals surface area contributed by atoms with Gasteiger partial charge in [0.25, 0.3) is 0 Å². The lowest BCUT2D eigenvalue weighted by molar-refractivity contribution is -0.132. The molecule has 2 fully saturated rings. The lowest BCUT2D eigenvalue weighted by Crippen LogP contribution is -2.51. The first-order valence-electron chi connectivity index (χ1n) is 6.32. The normalized spacial score (nSPS) is 39.6. The first-order valence-corrected chi connectivity index (χ1v) is 6.32. The third-order valence-electron chi connectivity index (χ3n) is 3.65. The Balaban J connectivity index is 1.78. The first kappa shape index (κ1) is 11.9. The van der Waals surface area contributed by atoms with Crippen molar-refractivity contribution in [2.45, 2.75) is 51.3 Å². The number of hydrogen-bond donors (Lipinski definition) is 2. The molecule has 0 aromatic rings. The van der Waals surface area contributed by atoms with Crippen molar-refractivity contribution in [3.05, 3.63) is 0 Å². The molecule has 2 aliphatic rings. The van der Waals surface area contributed by atoms with Gasteiger partial charge in [-0.25, -0.2) is 0 Å². The van der Waals surface area contributed by atoms with E-state index in [0.29, 0.717) is 12.0 Å². The van der Waals surface area contributed by atoms with Crippen molar-refractivity contribution in [3.63, 3.8) is 0 Å². The predicted molar refractivity (Wildman–Crippen MR) is 62.2 cm³/mol. The molecular weight excluding hydrogens is 204 g/mol. The molecule has 2 heterocycles. The lowest BCUT2D eigenvalue weighted by Gasteiger charge is -2.29. The third-order valence-corrected chi connectivity index (χ3v) is 3.65. The molecule has 4 atom stereocenters. The molecule has 0 bridgehead atoms. The van der Waals surface area contributed by atoms with E-state index in [2.05, 4.69) is 24.5 Å². The molecule has 4 nitrogen and oxygen atoms in total. The summed E-state index contributed by atoms with van der Waals surface area (Å²) in [6.45, 7) is 5.87. The van der Waals surface area contributed by atoms with Crippen molar-refractivity contribution in [2.24, 2.45) is 5.92 Å².